The van der Waals surface area contributed by atoms with Gasteiger partial charge in [-0.2, -0.15) is 8.42 Å². The molecule has 1 amide bonds. The topological polar surface area (TPSA) is 94.5 Å². The molecule has 0 aliphatic carbocycles. The van der Waals surface area contributed by atoms with Crippen LogP contribution in [0.5, 0.6) is 0 Å². The fourth-order valence-electron chi connectivity index (χ4n) is 1.89. The maximum atomic E-state index is 12.4. The minimum absolute atomic E-state index is 0.0972. The van der Waals surface area contributed by atoms with Crippen molar-refractivity contribution in [3.63, 3.8) is 0 Å². The number of amides is 1. The third-order valence-electron chi connectivity index (χ3n) is 3.28. The van der Waals surface area contributed by atoms with E-state index in [1.165, 1.54) is 16.7 Å². The maximum Gasteiger partial charge on any atom is 0.284 e. The average Bonchev–Trinajstić information content (AvgIpc) is 2.48. The highest BCUT2D eigenvalue weighted by Crippen LogP contribution is 2.13. The van der Waals surface area contributed by atoms with Crippen LogP contribution in [0.25, 0.3) is 0 Å². The van der Waals surface area contributed by atoms with Gasteiger partial charge in [-0.3, -0.25) is 4.79 Å². The predicted octanol–water partition coefficient (Wildman–Crippen LogP) is 1.74. The lowest BCUT2D eigenvalue weighted by atomic mass is 10.2. The highest BCUT2D eigenvalue weighted by Gasteiger charge is 2.15. The van der Waals surface area contributed by atoms with E-state index in [1.807, 2.05) is 6.92 Å². The van der Waals surface area contributed by atoms with Gasteiger partial charge in [-0.25, -0.2) is 0 Å². The molecule has 1 aromatic heterocycles. The van der Waals surface area contributed by atoms with Crippen molar-refractivity contribution in [2.75, 3.05) is 0 Å². The number of carbonyl (C=O) groups excluding carboxylic acids is 1. The van der Waals surface area contributed by atoms with Gasteiger partial charge in [0.1, 0.15) is 11.5 Å². The zero-order valence-corrected chi connectivity index (χ0v) is 15.6. The van der Waals surface area contributed by atoms with Crippen molar-refractivity contribution in [1.82, 2.24) is 4.57 Å². The molecule has 0 spiro atoms. The summed E-state index contributed by atoms with van der Waals surface area (Å²) < 4.78 is 31.0. The van der Waals surface area contributed by atoms with Crippen LogP contribution in [-0.2, 0) is 14.8 Å². The summed E-state index contributed by atoms with van der Waals surface area (Å²) >= 11 is 2.07. The molecule has 1 unspecified atom stereocenters. The predicted molar refractivity (Wildman–Crippen MR) is 95.0 cm³/mol. The van der Waals surface area contributed by atoms with Gasteiger partial charge in [0.15, 0.2) is 0 Å². The number of aryl methyl sites for hydroxylation is 1. The third-order valence-corrected chi connectivity index (χ3v) is 5.21. The van der Waals surface area contributed by atoms with Crippen molar-refractivity contribution in [3.8, 4) is 0 Å². The van der Waals surface area contributed by atoms with E-state index in [-0.39, 0.29) is 10.4 Å². The SMILES string of the molecule is Cc1ccc(S(=O)(=O)N=c2ccc(I)cn2C(C)C(N)=O)cc1. The first-order valence-corrected chi connectivity index (χ1v) is 9.27. The maximum absolute atomic E-state index is 12.4. The van der Waals surface area contributed by atoms with Crippen molar-refractivity contribution in [2.24, 2.45) is 10.1 Å². The van der Waals surface area contributed by atoms with Crippen LogP contribution >= 0.6 is 22.6 Å². The molecular formula is C15H16IN3O3S. The van der Waals surface area contributed by atoms with E-state index < -0.39 is 22.0 Å². The lowest BCUT2D eigenvalue weighted by Crippen LogP contribution is -2.32. The van der Waals surface area contributed by atoms with Gasteiger partial charge in [0, 0.05) is 9.77 Å². The van der Waals surface area contributed by atoms with E-state index in [0.29, 0.717) is 0 Å². The number of hydrogen-bond acceptors (Lipinski definition) is 3. The van der Waals surface area contributed by atoms with Gasteiger partial charge in [-0.1, -0.05) is 17.7 Å². The van der Waals surface area contributed by atoms with Gasteiger partial charge in [0.25, 0.3) is 10.0 Å². The van der Waals surface area contributed by atoms with Gasteiger partial charge >= 0.3 is 0 Å². The molecule has 2 aromatic rings. The number of primary amides is 1. The summed E-state index contributed by atoms with van der Waals surface area (Å²) in [5.74, 6) is -0.568. The van der Waals surface area contributed by atoms with E-state index in [2.05, 4.69) is 27.0 Å². The number of nitrogens with zero attached hydrogens (tertiary/aromatic N) is 2. The number of halogens is 1. The van der Waals surface area contributed by atoms with E-state index in [4.69, 9.17) is 5.73 Å². The summed E-state index contributed by atoms with van der Waals surface area (Å²) in [5.41, 5.74) is 6.43. The molecule has 0 aliphatic rings. The van der Waals surface area contributed by atoms with Gasteiger partial charge in [0.05, 0.1) is 4.90 Å². The third kappa shape index (κ3) is 4.20. The summed E-state index contributed by atoms with van der Waals surface area (Å²) in [6, 6.07) is 8.97. The summed E-state index contributed by atoms with van der Waals surface area (Å²) in [5, 5.41) is 0. The number of aromatic nitrogens is 1. The van der Waals surface area contributed by atoms with Crippen LogP contribution in [0.2, 0.25) is 0 Å². The lowest BCUT2D eigenvalue weighted by molar-refractivity contribution is -0.120. The van der Waals surface area contributed by atoms with Crippen LogP contribution in [-0.4, -0.2) is 18.9 Å². The Hall–Kier alpha value is -1.68. The quantitative estimate of drug-likeness (QED) is 0.727. The Labute approximate surface area is 148 Å². The summed E-state index contributed by atoms with van der Waals surface area (Å²) in [7, 11) is -3.88. The molecule has 0 aliphatic heterocycles. The van der Waals surface area contributed by atoms with Gasteiger partial charge in [0.2, 0.25) is 5.91 Å². The Balaban J connectivity index is 2.63. The number of hydrogen-bond donors (Lipinski definition) is 1. The molecule has 1 atom stereocenters. The minimum Gasteiger partial charge on any atom is -0.368 e. The van der Waals surface area contributed by atoms with Gasteiger partial charge < -0.3 is 10.3 Å². The monoisotopic (exact) mass is 445 g/mol. The van der Waals surface area contributed by atoms with Crippen LogP contribution in [0, 0.1) is 10.5 Å². The van der Waals surface area contributed by atoms with E-state index in [1.54, 1.807) is 37.4 Å². The Kier molecular flexibility index (Phi) is 5.25. The molecule has 6 nitrogen and oxygen atoms in total. The highest BCUT2D eigenvalue weighted by molar-refractivity contribution is 14.1. The molecule has 122 valence electrons. The second kappa shape index (κ2) is 6.83. The summed E-state index contributed by atoms with van der Waals surface area (Å²) in [4.78, 5) is 11.5. The molecule has 0 fully saturated rings. The summed E-state index contributed by atoms with van der Waals surface area (Å²) in [6.07, 6.45) is 1.64. The molecule has 23 heavy (non-hydrogen) atoms. The normalized spacial score (nSPS) is 13.8. The van der Waals surface area contributed by atoms with Crippen molar-refractivity contribution < 1.29 is 13.2 Å². The first kappa shape index (κ1) is 17.7. The average molecular weight is 445 g/mol. The first-order chi connectivity index (χ1) is 10.7. The Morgan fingerprint density at radius 3 is 2.39 bits per heavy atom. The fraction of sp³-hybridized carbons (Fsp3) is 0.200. The van der Waals surface area contributed by atoms with Crippen molar-refractivity contribution in [1.29, 1.82) is 0 Å². The zero-order chi connectivity index (χ0) is 17.2. The van der Waals surface area contributed by atoms with E-state index >= 15 is 0 Å². The standard InChI is InChI=1S/C15H16IN3O3S/c1-10-3-6-13(7-4-10)23(21,22)18-14-8-5-12(16)9-19(14)11(2)15(17)20/h3-9,11H,1-2H3,(H2,17,20). The zero-order valence-electron chi connectivity index (χ0n) is 12.6. The molecule has 0 saturated carbocycles. The smallest absolute Gasteiger partial charge is 0.284 e. The summed E-state index contributed by atoms with van der Waals surface area (Å²) in [6.45, 7) is 3.46. The van der Waals surface area contributed by atoms with Crippen LogP contribution in [0.15, 0.2) is 51.9 Å². The molecule has 2 rings (SSSR count). The second-order valence-corrected chi connectivity index (χ2v) is 7.92. The van der Waals surface area contributed by atoms with Crippen LogP contribution in [0.4, 0.5) is 0 Å². The molecule has 0 radical (unpaired) electrons. The van der Waals surface area contributed by atoms with E-state index in [9.17, 15) is 13.2 Å². The molecular weight excluding hydrogens is 429 g/mol. The number of sulfonamides is 1. The van der Waals surface area contributed by atoms with Crippen LogP contribution in [0.3, 0.4) is 0 Å². The Morgan fingerprint density at radius 1 is 1.22 bits per heavy atom. The molecule has 1 aromatic carbocycles. The van der Waals surface area contributed by atoms with Gasteiger partial charge in [-0.05, 0) is 60.7 Å². The van der Waals surface area contributed by atoms with Crippen molar-refractivity contribution >= 4 is 38.5 Å². The molecule has 0 saturated heterocycles. The molecule has 0 bridgehead atoms. The second-order valence-electron chi connectivity index (χ2n) is 5.07. The van der Waals surface area contributed by atoms with Crippen molar-refractivity contribution in [2.45, 2.75) is 24.8 Å². The van der Waals surface area contributed by atoms with Crippen LogP contribution in [0.1, 0.15) is 18.5 Å². The molecule has 8 heteroatoms. The number of carbonyl (C=O) groups is 1. The van der Waals surface area contributed by atoms with Crippen LogP contribution < -0.4 is 11.2 Å². The number of rotatable bonds is 4. The Bertz CT molecular complexity index is 902. The number of pyridine rings is 1. The fourth-order valence-corrected chi connectivity index (χ4v) is 3.36. The van der Waals surface area contributed by atoms with E-state index in [0.717, 1.165) is 9.13 Å². The number of nitrogens with two attached hydrogens (primary N) is 1. The largest absolute Gasteiger partial charge is 0.368 e. The highest BCUT2D eigenvalue weighted by atomic mass is 127. The molecule has 1 heterocycles. The molecule has 2 N–H and O–H groups in total. The lowest BCUT2D eigenvalue weighted by Gasteiger charge is -2.13. The van der Waals surface area contributed by atoms with Crippen molar-refractivity contribution in [3.05, 3.63) is 57.2 Å². The first-order valence-electron chi connectivity index (χ1n) is 6.75. The number of benzene rings is 1. The van der Waals surface area contributed by atoms with Gasteiger partial charge in [-0.15, -0.1) is 4.40 Å². The Morgan fingerprint density at radius 2 is 1.83 bits per heavy atom. The minimum atomic E-state index is -3.88.